The fourth-order valence-electron chi connectivity index (χ4n) is 3.19. The molecule has 1 fully saturated rings. The van der Waals surface area contributed by atoms with Crippen LogP contribution < -0.4 is 10.1 Å². The molecule has 0 saturated carbocycles. The van der Waals surface area contributed by atoms with Crippen molar-refractivity contribution >= 4 is 5.91 Å². The number of benzene rings is 2. The van der Waals surface area contributed by atoms with Gasteiger partial charge in [0.2, 0.25) is 5.91 Å². The van der Waals surface area contributed by atoms with E-state index in [1.807, 2.05) is 49.4 Å². The van der Waals surface area contributed by atoms with Crippen molar-refractivity contribution in [2.45, 2.75) is 25.2 Å². The molecule has 1 aliphatic rings. The topological polar surface area (TPSA) is 38.3 Å². The SMILES string of the molecule is CCOc1ccc([C@@H]2CCNC(=O)[C@H]2c2ccccc2)cc1. The maximum absolute atomic E-state index is 12.4. The number of rotatable bonds is 4. The van der Waals surface area contributed by atoms with Crippen LogP contribution in [0.2, 0.25) is 0 Å². The zero-order valence-electron chi connectivity index (χ0n) is 12.8. The number of amides is 1. The molecule has 1 heterocycles. The molecule has 1 amide bonds. The molecule has 0 unspecified atom stereocenters. The van der Waals surface area contributed by atoms with E-state index in [-0.39, 0.29) is 17.7 Å². The predicted molar refractivity (Wildman–Crippen MR) is 87.2 cm³/mol. The van der Waals surface area contributed by atoms with Gasteiger partial charge < -0.3 is 10.1 Å². The molecule has 2 aromatic rings. The molecule has 3 nitrogen and oxygen atoms in total. The number of piperidine rings is 1. The van der Waals surface area contributed by atoms with Gasteiger partial charge in [0.25, 0.3) is 0 Å². The summed E-state index contributed by atoms with van der Waals surface area (Å²) in [7, 11) is 0. The second-order valence-corrected chi connectivity index (χ2v) is 5.58. The van der Waals surface area contributed by atoms with Crippen molar-refractivity contribution in [3.05, 3.63) is 65.7 Å². The van der Waals surface area contributed by atoms with Crippen LogP contribution in [-0.2, 0) is 4.79 Å². The van der Waals surface area contributed by atoms with E-state index in [4.69, 9.17) is 4.74 Å². The van der Waals surface area contributed by atoms with E-state index >= 15 is 0 Å². The first kappa shape index (κ1) is 14.6. The Morgan fingerprint density at radius 1 is 1.05 bits per heavy atom. The molecule has 22 heavy (non-hydrogen) atoms. The van der Waals surface area contributed by atoms with Gasteiger partial charge in [-0.3, -0.25) is 4.79 Å². The molecule has 0 spiro atoms. The summed E-state index contributed by atoms with van der Waals surface area (Å²) in [5, 5.41) is 3.00. The fraction of sp³-hybridized carbons (Fsp3) is 0.316. The van der Waals surface area contributed by atoms with Crippen LogP contribution in [0.4, 0.5) is 0 Å². The van der Waals surface area contributed by atoms with Crippen LogP contribution in [0.25, 0.3) is 0 Å². The van der Waals surface area contributed by atoms with Crippen molar-refractivity contribution < 1.29 is 9.53 Å². The average molecular weight is 295 g/mol. The normalized spacial score (nSPS) is 21.2. The van der Waals surface area contributed by atoms with E-state index in [1.54, 1.807) is 0 Å². The van der Waals surface area contributed by atoms with Gasteiger partial charge in [-0.25, -0.2) is 0 Å². The van der Waals surface area contributed by atoms with Crippen LogP contribution in [-0.4, -0.2) is 19.1 Å². The molecule has 2 aromatic carbocycles. The van der Waals surface area contributed by atoms with E-state index in [9.17, 15) is 4.79 Å². The molecule has 114 valence electrons. The third-order valence-electron chi connectivity index (χ3n) is 4.22. The summed E-state index contributed by atoms with van der Waals surface area (Å²) in [6, 6.07) is 18.2. The van der Waals surface area contributed by atoms with Crippen molar-refractivity contribution in [1.82, 2.24) is 5.32 Å². The molecular formula is C19H21NO2. The summed E-state index contributed by atoms with van der Waals surface area (Å²) in [4.78, 5) is 12.4. The van der Waals surface area contributed by atoms with Crippen LogP contribution in [0.15, 0.2) is 54.6 Å². The Labute approximate surface area is 131 Å². The number of ether oxygens (including phenoxy) is 1. The van der Waals surface area contributed by atoms with Gasteiger partial charge in [-0.2, -0.15) is 0 Å². The van der Waals surface area contributed by atoms with Crippen molar-refractivity contribution in [1.29, 1.82) is 0 Å². The maximum atomic E-state index is 12.4. The summed E-state index contributed by atoms with van der Waals surface area (Å²) < 4.78 is 5.50. The van der Waals surface area contributed by atoms with Crippen LogP contribution in [0.3, 0.4) is 0 Å². The maximum Gasteiger partial charge on any atom is 0.228 e. The van der Waals surface area contributed by atoms with Crippen LogP contribution in [0.5, 0.6) is 5.75 Å². The summed E-state index contributed by atoms with van der Waals surface area (Å²) in [6.45, 7) is 3.38. The minimum Gasteiger partial charge on any atom is -0.494 e. The number of hydrogen-bond donors (Lipinski definition) is 1. The van der Waals surface area contributed by atoms with Crippen LogP contribution >= 0.6 is 0 Å². The summed E-state index contributed by atoms with van der Waals surface area (Å²) in [6.07, 6.45) is 0.958. The lowest BCUT2D eigenvalue weighted by Crippen LogP contribution is -2.39. The van der Waals surface area contributed by atoms with Crippen molar-refractivity contribution in [3.63, 3.8) is 0 Å². The Morgan fingerprint density at radius 3 is 2.45 bits per heavy atom. The Hall–Kier alpha value is -2.29. The van der Waals surface area contributed by atoms with Gasteiger partial charge in [-0.05, 0) is 36.6 Å². The third kappa shape index (κ3) is 2.98. The zero-order valence-corrected chi connectivity index (χ0v) is 12.8. The van der Waals surface area contributed by atoms with Crippen LogP contribution in [0.1, 0.15) is 36.3 Å². The predicted octanol–water partition coefficient (Wildman–Crippen LogP) is 3.47. The van der Waals surface area contributed by atoms with E-state index in [1.165, 1.54) is 5.56 Å². The van der Waals surface area contributed by atoms with Crippen molar-refractivity contribution in [3.8, 4) is 5.75 Å². The van der Waals surface area contributed by atoms with E-state index in [2.05, 4.69) is 17.4 Å². The quantitative estimate of drug-likeness (QED) is 0.938. The molecule has 0 aromatic heterocycles. The van der Waals surface area contributed by atoms with Gasteiger partial charge in [0.05, 0.1) is 12.5 Å². The van der Waals surface area contributed by atoms with E-state index < -0.39 is 0 Å². The zero-order chi connectivity index (χ0) is 15.4. The molecule has 3 rings (SSSR count). The first-order valence-electron chi connectivity index (χ1n) is 7.85. The summed E-state index contributed by atoms with van der Waals surface area (Å²) >= 11 is 0. The highest BCUT2D eigenvalue weighted by Crippen LogP contribution is 2.38. The Balaban J connectivity index is 1.90. The van der Waals surface area contributed by atoms with Gasteiger partial charge in [0.15, 0.2) is 0 Å². The molecule has 2 atom stereocenters. The molecule has 1 aliphatic heterocycles. The minimum absolute atomic E-state index is 0.118. The lowest BCUT2D eigenvalue weighted by molar-refractivity contribution is -0.124. The van der Waals surface area contributed by atoms with Crippen LogP contribution in [0, 0.1) is 0 Å². The Morgan fingerprint density at radius 2 is 1.77 bits per heavy atom. The minimum atomic E-state index is -0.118. The number of carbonyl (C=O) groups excluding carboxylic acids is 1. The Kier molecular flexibility index (Phi) is 4.42. The molecule has 1 saturated heterocycles. The second kappa shape index (κ2) is 6.65. The highest BCUT2D eigenvalue weighted by atomic mass is 16.5. The number of carbonyl (C=O) groups is 1. The number of nitrogens with one attached hydrogen (secondary N) is 1. The Bertz CT molecular complexity index is 622. The first-order chi connectivity index (χ1) is 10.8. The highest BCUT2D eigenvalue weighted by molar-refractivity contribution is 5.85. The smallest absolute Gasteiger partial charge is 0.228 e. The van der Waals surface area contributed by atoms with E-state index in [0.29, 0.717) is 6.61 Å². The molecule has 0 aliphatic carbocycles. The lowest BCUT2D eigenvalue weighted by Gasteiger charge is -2.32. The molecule has 1 N–H and O–H groups in total. The number of hydrogen-bond acceptors (Lipinski definition) is 2. The van der Waals surface area contributed by atoms with Gasteiger partial charge in [-0.1, -0.05) is 42.5 Å². The second-order valence-electron chi connectivity index (χ2n) is 5.58. The van der Waals surface area contributed by atoms with Crippen molar-refractivity contribution in [2.24, 2.45) is 0 Å². The fourth-order valence-corrected chi connectivity index (χ4v) is 3.19. The third-order valence-corrected chi connectivity index (χ3v) is 4.22. The average Bonchev–Trinajstić information content (AvgIpc) is 2.56. The summed E-state index contributed by atoms with van der Waals surface area (Å²) in [5.74, 6) is 1.10. The van der Waals surface area contributed by atoms with Gasteiger partial charge in [-0.15, -0.1) is 0 Å². The largest absolute Gasteiger partial charge is 0.494 e. The summed E-state index contributed by atoms with van der Waals surface area (Å²) in [5.41, 5.74) is 2.28. The molecule has 0 radical (unpaired) electrons. The molecule has 3 heteroatoms. The monoisotopic (exact) mass is 295 g/mol. The van der Waals surface area contributed by atoms with Gasteiger partial charge >= 0.3 is 0 Å². The molecular weight excluding hydrogens is 274 g/mol. The lowest BCUT2D eigenvalue weighted by atomic mass is 9.77. The van der Waals surface area contributed by atoms with E-state index in [0.717, 1.165) is 24.3 Å². The standard InChI is InChI=1S/C19H21NO2/c1-2-22-16-10-8-14(9-11-16)17-12-13-20-19(21)18(17)15-6-4-3-5-7-15/h3-11,17-18H,2,12-13H2,1H3,(H,20,21)/t17-,18-/m0/s1. The molecule has 0 bridgehead atoms. The van der Waals surface area contributed by atoms with Gasteiger partial charge in [0, 0.05) is 12.5 Å². The van der Waals surface area contributed by atoms with Gasteiger partial charge in [0.1, 0.15) is 5.75 Å². The van der Waals surface area contributed by atoms with Crippen molar-refractivity contribution in [2.75, 3.05) is 13.2 Å². The highest BCUT2D eigenvalue weighted by Gasteiger charge is 2.34. The first-order valence-corrected chi connectivity index (χ1v) is 7.85.